The van der Waals surface area contributed by atoms with Crippen molar-refractivity contribution in [3.05, 3.63) is 32.7 Å². The minimum absolute atomic E-state index is 0.0180. The Hall–Kier alpha value is 0.1000. The number of nitrogens with one attached hydrogen (secondary N) is 1. The van der Waals surface area contributed by atoms with Crippen LogP contribution in [0, 0.1) is 0 Å². The number of benzene rings is 1. The highest BCUT2D eigenvalue weighted by Crippen LogP contribution is 2.26. The lowest BCUT2D eigenvalue weighted by Gasteiger charge is -2.15. The number of rotatable bonds is 4. The topological polar surface area (TPSA) is 32.3 Å². The zero-order valence-corrected chi connectivity index (χ0v) is 11.1. The maximum Gasteiger partial charge on any atom is 0.0626 e. The van der Waals surface area contributed by atoms with Crippen LogP contribution in [0.15, 0.2) is 27.1 Å². The molecule has 4 heteroatoms. The van der Waals surface area contributed by atoms with Gasteiger partial charge in [-0.1, -0.05) is 13.0 Å². The number of likely N-dealkylation sites (N-methyl/N-ethyl adjacent to an activating group) is 1. The number of hydrogen-bond donors (Lipinski definition) is 2. The fourth-order valence-electron chi connectivity index (χ4n) is 1.26. The largest absolute Gasteiger partial charge is 0.394 e. The van der Waals surface area contributed by atoms with E-state index >= 15 is 0 Å². The molecule has 2 nitrogen and oxygen atoms in total. The van der Waals surface area contributed by atoms with Crippen LogP contribution in [-0.4, -0.2) is 18.3 Å². The van der Waals surface area contributed by atoms with Crippen molar-refractivity contribution >= 4 is 31.9 Å². The number of hydrogen-bond acceptors (Lipinski definition) is 2. The van der Waals surface area contributed by atoms with E-state index in [2.05, 4.69) is 37.2 Å². The zero-order chi connectivity index (χ0) is 10.6. The van der Waals surface area contributed by atoms with Gasteiger partial charge in [0.2, 0.25) is 0 Å². The molecule has 0 spiro atoms. The first kappa shape index (κ1) is 12.2. The second kappa shape index (κ2) is 5.85. The van der Waals surface area contributed by atoms with E-state index < -0.39 is 0 Å². The maximum atomic E-state index is 9.18. The van der Waals surface area contributed by atoms with Gasteiger partial charge in [-0.25, -0.2) is 0 Å². The first-order valence-electron chi connectivity index (χ1n) is 4.48. The van der Waals surface area contributed by atoms with Gasteiger partial charge in [-0.05, 0) is 56.1 Å². The van der Waals surface area contributed by atoms with Crippen LogP contribution in [-0.2, 0) is 0 Å². The third-order valence-corrected chi connectivity index (χ3v) is 3.86. The summed E-state index contributed by atoms with van der Waals surface area (Å²) >= 11 is 6.85. The van der Waals surface area contributed by atoms with Gasteiger partial charge in [0.25, 0.3) is 0 Å². The molecule has 14 heavy (non-hydrogen) atoms. The van der Waals surface area contributed by atoms with Crippen molar-refractivity contribution in [2.24, 2.45) is 0 Å². The van der Waals surface area contributed by atoms with Gasteiger partial charge in [0, 0.05) is 8.95 Å². The molecule has 0 aliphatic carbocycles. The Morgan fingerprint density at radius 2 is 2.07 bits per heavy atom. The molecule has 0 aliphatic rings. The van der Waals surface area contributed by atoms with E-state index in [4.69, 9.17) is 0 Å². The van der Waals surface area contributed by atoms with Crippen LogP contribution in [0.4, 0.5) is 0 Å². The van der Waals surface area contributed by atoms with Crippen LogP contribution in [0.3, 0.4) is 0 Å². The summed E-state index contributed by atoms with van der Waals surface area (Å²) in [5.41, 5.74) is 1.09. The van der Waals surface area contributed by atoms with E-state index in [1.165, 1.54) is 0 Å². The Kier molecular flexibility index (Phi) is 5.09. The summed E-state index contributed by atoms with van der Waals surface area (Å²) in [6, 6.07) is 6.00. The van der Waals surface area contributed by atoms with Gasteiger partial charge in [-0.3, -0.25) is 0 Å². The van der Waals surface area contributed by atoms with E-state index in [9.17, 15) is 5.11 Å². The average Bonchev–Trinajstić information content (AvgIpc) is 2.19. The Morgan fingerprint density at radius 1 is 1.36 bits per heavy atom. The standard InChI is InChI=1S/C10H13Br2NO/c1-2-13-10(6-14)7-3-4-8(11)9(12)5-7/h3-5,10,13-14H,2,6H2,1H3. The predicted molar refractivity (Wildman–Crippen MR) is 65.3 cm³/mol. The monoisotopic (exact) mass is 321 g/mol. The van der Waals surface area contributed by atoms with E-state index in [-0.39, 0.29) is 12.6 Å². The molecular weight excluding hydrogens is 310 g/mol. The van der Waals surface area contributed by atoms with E-state index in [0.717, 1.165) is 21.1 Å². The molecule has 1 aromatic carbocycles. The molecular formula is C10H13Br2NO. The lowest BCUT2D eigenvalue weighted by Crippen LogP contribution is -2.23. The van der Waals surface area contributed by atoms with E-state index in [0.29, 0.717) is 0 Å². The number of aliphatic hydroxyl groups is 1. The van der Waals surface area contributed by atoms with Gasteiger partial charge in [0.15, 0.2) is 0 Å². The molecule has 0 bridgehead atoms. The molecule has 2 N–H and O–H groups in total. The predicted octanol–water partition coefficient (Wildman–Crippen LogP) is 2.85. The third kappa shape index (κ3) is 3.05. The Morgan fingerprint density at radius 3 is 2.57 bits per heavy atom. The summed E-state index contributed by atoms with van der Waals surface area (Å²) < 4.78 is 2.03. The Balaban J connectivity index is 2.88. The Labute approximate surface area is 101 Å². The van der Waals surface area contributed by atoms with Crippen molar-refractivity contribution in [2.45, 2.75) is 13.0 Å². The van der Waals surface area contributed by atoms with Gasteiger partial charge in [-0.2, -0.15) is 0 Å². The van der Waals surface area contributed by atoms with Crippen LogP contribution in [0.2, 0.25) is 0 Å². The molecule has 0 saturated heterocycles. The minimum Gasteiger partial charge on any atom is -0.394 e. The first-order chi connectivity index (χ1) is 6.69. The molecule has 0 aromatic heterocycles. The lowest BCUT2D eigenvalue weighted by atomic mass is 10.1. The van der Waals surface area contributed by atoms with Crippen molar-refractivity contribution in [3.8, 4) is 0 Å². The van der Waals surface area contributed by atoms with Crippen LogP contribution >= 0.6 is 31.9 Å². The second-order valence-electron chi connectivity index (χ2n) is 2.97. The van der Waals surface area contributed by atoms with Crippen LogP contribution in [0.25, 0.3) is 0 Å². The van der Waals surface area contributed by atoms with Gasteiger partial charge >= 0.3 is 0 Å². The van der Waals surface area contributed by atoms with Gasteiger partial charge in [0.1, 0.15) is 0 Å². The summed E-state index contributed by atoms with van der Waals surface area (Å²) in [4.78, 5) is 0. The van der Waals surface area contributed by atoms with Gasteiger partial charge < -0.3 is 10.4 Å². The highest BCUT2D eigenvalue weighted by atomic mass is 79.9. The van der Waals surface area contributed by atoms with Crippen LogP contribution in [0.5, 0.6) is 0 Å². The summed E-state index contributed by atoms with van der Waals surface area (Å²) in [6.07, 6.45) is 0. The van der Waals surface area contributed by atoms with E-state index in [1.54, 1.807) is 0 Å². The molecule has 1 atom stereocenters. The molecule has 1 aromatic rings. The fourth-order valence-corrected chi connectivity index (χ4v) is 1.91. The number of halogens is 2. The third-order valence-electron chi connectivity index (χ3n) is 1.98. The van der Waals surface area contributed by atoms with Crippen molar-refractivity contribution in [1.29, 1.82) is 0 Å². The molecule has 78 valence electrons. The summed E-state index contributed by atoms with van der Waals surface area (Å²) in [6.45, 7) is 2.98. The highest BCUT2D eigenvalue weighted by Gasteiger charge is 2.09. The fraction of sp³-hybridized carbons (Fsp3) is 0.400. The molecule has 0 saturated carbocycles. The smallest absolute Gasteiger partial charge is 0.0626 e. The minimum atomic E-state index is 0.0180. The number of aliphatic hydroxyl groups excluding tert-OH is 1. The molecule has 0 amide bonds. The highest BCUT2D eigenvalue weighted by molar-refractivity contribution is 9.13. The lowest BCUT2D eigenvalue weighted by molar-refractivity contribution is 0.246. The van der Waals surface area contributed by atoms with Crippen molar-refractivity contribution in [2.75, 3.05) is 13.2 Å². The van der Waals surface area contributed by atoms with Gasteiger partial charge in [0.05, 0.1) is 12.6 Å². The zero-order valence-electron chi connectivity index (χ0n) is 7.93. The SMILES string of the molecule is CCNC(CO)c1ccc(Br)c(Br)c1. The quantitative estimate of drug-likeness (QED) is 0.893. The summed E-state index contributed by atoms with van der Waals surface area (Å²) in [7, 11) is 0. The van der Waals surface area contributed by atoms with E-state index in [1.807, 2.05) is 25.1 Å². The van der Waals surface area contributed by atoms with Gasteiger partial charge in [-0.15, -0.1) is 0 Å². The van der Waals surface area contributed by atoms with Crippen LogP contribution < -0.4 is 5.32 Å². The summed E-state index contributed by atoms with van der Waals surface area (Å²) in [5, 5.41) is 12.4. The van der Waals surface area contributed by atoms with Crippen molar-refractivity contribution in [3.63, 3.8) is 0 Å². The molecule has 1 rings (SSSR count). The molecule has 0 fully saturated rings. The van der Waals surface area contributed by atoms with Crippen LogP contribution in [0.1, 0.15) is 18.5 Å². The molecule has 0 radical (unpaired) electrons. The average molecular weight is 323 g/mol. The molecule has 0 aliphatic heterocycles. The Bertz CT molecular complexity index is 304. The van der Waals surface area contributed by atoms with Crippen molar-refractivity contribution in [1.82, 2.24) is 5.32 Å². The normalized spacial score (nSPS) is 12.9. The maximum absolute atomic E-state index is 9.18. The molecule has 0 heterocycles. The first-order valence-corrected chi connectivity index (χ1v) is 6.06. The second-order valence-corrected chi connectivity index (χ2v) is 4.68. The summed E-state index contributed by atoms with van der Waals surface area (Å²) in [5.74, 6) is 0. The van der Waals surface area contributed by atoms with Crippen molar-refractivity contribution < 1.29 is 5.11 Å². The molecule has 1 unspecified atom stereocenters.